The zero-order chi connectivity index (χ0) is 26.5. The Balaban J connectivity index is 1.98. The van der Waals surface area contributed by atoms with Crippen molar-refractivity contribution in [3.05, 3.63) is 59.7 Å². The Morgan fingerprint density at radius 3 is 2.06 bits per heavy atom. The smallest absolute Gasteiger partial charge is 0.458 e. The van der Waals surface area contributed by atoms with Crippen LogP contribution in [0, 0.1) is 0 Å². The summed E-state index contributed by atoms with van der Waals surface area (Å²) in [5.41, 5.74) is 6.84. The van der Waals surface area contributed by atoms with Gasteiger partial charge in [0.2, 0.25) is 0 Å². The van der Waals surface area contributed by atoms with E-state index in [-0.39, 0.29) is 37.7 Å². The third-order valence-electron chi connectivity index (χ3n) is 4.45. The molecule has 11 nitrogen and oxygen atoms in total. The van der Waals surface area contributed by atoms with E-state index in [4.69, 9.17) is 34.2 Å². The number of ether oxygens (including phenoxy) is 6. The Morgan fingerprint density at radius 1 is 0.833 bits per heavy atom. The Kier molecular flexibility index (Phi) is 11.2. The van der Waals surface area contributed by atoms with Crippen LogP contribution in [-0.4, -0.2) is 56.2 Å². The minimum atomic E-state index is -1.08. The van der Waals surface area contributed by atoms with Crippen LogP contribution in [0.1, 0.15) is 36.7 Å². The zero-order valence-corrected chi connectivity index (χ0v) is 20.3. The van der Waals surface area contributed by atoms with Crippen molar-refractivity contribution < 1.29 is 47.6 Å². The molecule has 0 aliphatic carbocycles. The van der Waals surface area contributed by atoms with Crippen LogP contribution in [-0.2, 0) is 30.2 Å². The first-order valence-electron chi connectivity index (χ1n) is 11.2. The molecule has 0 amide bonds. The molecule has 0 radical (unpaired) electrons. The number of carbonyl (C=O) groups excluding carboxylic acids is 4. The maximum atomic E-state index is 12.4. The first-order valence-corrected chi connectivity index (χ1v) is 11.2. The number of carbonyl (C=O) groups is 4. The van der Waals surface area contributed by atoms with Crippen LogP contribution in [0.25, 0.3) is 0 Å². The van der Waals surface area contributed by atoms with Crippen molar-refractivity contribution in [2.75, 3.05) is 19.8 Å². The summed E-state index contributed by atoms with van der Waals surface area (Å²) >= 11 is 0. The van der Waals surface area contributed by atoms with Gasteiger partial charge in [0, 0.05) is 0 Å². The Labute approximate surface area is 208 Å². The standard InChI is InChI=1S/C25H29NO10/c1-4-31-24(29)35-20-12-11-17(14-21(20)36-25(30)32-5-2)13-19(26)23(28)34-16(3)15-33-22(27)18-9-7-6-8-10-18/h6-12,14,16,19H,4-5,13,15,26H2,1-3H3/t16-,19+/m1/s1. The van der Waals surface area contributed by atoms with Gasteiger partial charge >= 0.3 is 24.2 Å². The lowest BCUT2D eigenvalue weighted by molar-refractivity contribution is -0.151. The molecule has 194 valence electrons. The van der Waals surface area contributed by atoms with Gasteiger partial charge in [-0.1, -0.05) is 24.3 Å². The van der Waals surface area contributed by atoms with Gasteiger partial charge in [-0.15, -0.1) is 0 Å². The summed E-state index contributed by atoms with van der Waals surface area (Å²) < 4.78 is 30.1. The van der Waals surface area contributed by atoms with Gasteiger partial charge in [-0.2, -0.15) is 0 Å². The number of hydrogen-bond donors (Lipinski definition) is 1. The SMILES string of the molecule is CCOC(=O)Oc1ccc(C[C@H](N)C(=O)O[C@H](C)COC(=O)c2ccccc2)cc1OC(=O)OCC. The lowest BCUT2D eigenvalue weighted by atomic mass is 10.1. The molecule has 0 fully saturated rings. The predicted octanol–water partition coefficient (Wildman–Crippen LogP) is 3.42. The van der Waals surface area contributed by atoms with Crippen molar-refractivity contribution in [2.45, 2.75) is 39.3 Å². The van der Waals surface area contributed by atoms with E-state index in [1.165, 1.54) is 18.2 Å². The fourth-order valence-corrected chi connectivity index (χ4v) is 2.83. The van der Waals surface area contributed by atoms with E-state index in [9.17, 15) is 19.2 Å². The average Bonchev–Trinajstić information content (AvgIpc) is 2.85. The van der Waals surface area contributed by atoms with E-state index in [0.29, 0.717) is 11.1 Å². The maximum absolute atomic E-state index is 12.4. The van der Waals surface area contributed by atoms with Gasteiger partial charge < -0.3 is 34.2 Å². The van der Waals surface area contributed by atoms with Gasteiger partial charge in [-0.05, 0) is 57.0 Å². The summed E-state index contributed by atoms with van der Waals surface area (Å²) in [5, 5.41) is 0. The second-order valence-corrected chi connectivity index (χ2v) is 7.37. The van der Waals surface area contributed by atoms with Crippen LogP contribution in [0.2, 0.25) is 0 Å². The molecule has 11 heteroatoms. The van der Waals surface area contributed by atoms with Crippen LogP contribution >= 0.6 is 0 Å². The van der Waals surface area contributed by atoms with Gasteiger partial charge in [0.05, 0.1) is 18.8 Å². The molecule has 2 N–H and O–H groups in total. The molecular formula is C25H29NO10. The van der Waals surface area contributed by atoms with E-state index in [1.54, 1.807) is 51.1 Å². The van der Waals surface area contributed by atoms with Crippen molar-refractivity contribution in [2.24, 2.45) is 5.73 Å². The Morgan fingerprint density at radius 2 is 1.44 bits per heavy atom. The normalized spacial score (nSPS) is 12.0. The minimum Gasteiger partial charge on any atom is -0.458 e. The highest BCUT2D eigenvalue weighted by Gasteiger charge is 2.22. The summed E-state index contributed by atoms with van der Waals surface area (Å²) in [5.74, 6) is -1.48. The molecule has 2 atom stereocenters. The fraction of sp³-hybridized carbons (Fsp3) is 0.360. The first kappa shape index (κ1) is 28.1. The van der Waals surface area contributed by atoms with E-state index in [0.717, 1.165) is 0 Å². The van der Waals surface area contributed by atoms with E-state index in [2.05, 4.69) is 0 Å². The number of nitrogens with two attached hydrogens (primary N) is 1. The highest BCUT2D eigenvalue weighted by molar-refractivity contribution is 5.89. The van der Waals surface area contributed by atoms with Crippen LogP contribution in [0.3, 0.4) is 0 Å². The highest BCUT2D eigenvalue weighted by Crippen LogP contribution is 2.30. The van der Waals surface area contributed by atoms with Gasteiger partial charge in [0.15, 0.2) is 11.5 Å². The Hall–Kier alpha value is -4.12. The predicted molar refractivity (Wildman–Crippen MR) is 126 cm³/mol. The molecule has 0 bridgehead atoms. The molecule has 0 aromatic heterocycles. The molecule has 0 saturated carbocycles. The second-order valence-electron chi connectivity index (χ2n) is 7.37. The monoisotopic (exact) mass is 503 g/mol. The minimum absolute atomic E-state index is 0.00816. The summed E-state index contributed by atoms with van der Waals surface area (Å²) in [4.78, 5) is 47.9. The van der Waals surface area contributed by atoms with Crippen LogP contribution < -0.4 is 15.2 Å². The Bertz CT molecular complexity index is 1040. The molecular weight excluding hydrogens is 474 g/mol. The first-order chi connectivity index (χ1) is 17.2. The molecule has 0 unspecified atom stereocenters. The third-order valence-corrected chi connectivity index (χ3v) is 4.45. The summed E-state index contributed by atoms with van der Waals surface area (Å²) in [6, 6.07) is 11.6. The molecule has 2 rings (SSSR count). The third kappa shape index (κ3) is 9.26. The summed E-state index contributed by atoms with van der Waals surface area (Å²) in [6.45, 7) is 4.78. The molecule has 2 aromatic carbocycles. The van der Waals surface area contributed by atoms with E-state index >= 15 is 0 Å². The van der Waals surface area contributed by atoms with Crippen molar-refractivity contribution in [3.8, 4) is 11.5 Å². The van der Waals surface area contributed by atoms with E-state index in [1.807, 2.05) is 0 Å². The lowest BCUT2D eigenvalue weighted by Gasteiger charge is -2.17. The number of esters is 2. The molecule has 0 aliphatic heterocycles. The average molecular weight is 504 g/mol. The topological polar surface area (TPSA) is 150 Å². The lowest BCUT2D eigenvalue weighted by Crippen LogP contribution is -2.37. The number of rotatable bonds is 11. The van der Waals surface area contributed by atoms with Crippen LogP contribution in [0.5, 0.6) is 11.5 Å². The van der Waals surface area contributed by atoms with Gasteiger partial charge in [-0.25, -0.2) is 14.4 Å². The quantitative estimate of drug-likeness (QED) is 0.273. The maximum Gasteiger partial charge on any atom is 0.513 e. The van der Waals surface area contributed by atoms with Crippen LogP contribution in [0.4, 0.5) is 9.59 Å². The molecule has 0 saturated heterocycles. The molecule has 0 spiro atoms. The molecule has 2 aromatic rings. The number of hydrogen-bond acceptors (Lipinski definition) is 11. The highest BCUT2D eigenvalue weighted by atomic mass is 16.7. The van der Waals surface area contributed by atoms with Crippen molar-refractivity contribution in [1.29, 1.82) is 0 Å². The van der Waals surface area contributed by atoms with Gasteiger partial charge in [0.1, 0.15) is 18.8 Å². The van der Waals surface area contributed by atoms with E-state index < -0.39 is 36.4 Å². The fourth-order valence-electron chi connectivity index (χ4n) is 2.83. The molecule has 0 aliphatic rings. The summed E-state index contributed by atoms with van der Waals surface area (Å²) in [6.07, 6.45) is -2.72. The zero-order valence-electron chi connectivity index (χ0n) is 20.3. The van der Waals surface area contributed by atoms with Gasteiger partial charge in [-0.3, -0.25) is 4.79 Å². The molecule has 0 heterocycles. The summed E-state index contributed by atoms with van der Waals surface area (Å²) in [7, 11) is 0. The second kappa shape index (κ2) is 14.3. The van der Waals surface area contributed by atoms with Crippen LogP contribution in [0.15, 0.2) is 48.5 Å². The number of benzene rings is 2. The molecule has 36 heavy (non-hydrogen) atoms. The van der Waals surface area contributed by atoms with Gasteiger partial charge in [0.25, 0.3) is 0 Å². The largest absolute Gasteiger partial charge is 0.513 e. The van der Waals surface area contributed by atoms with Crippen molar-refractivity contribution in [3.63, 3.8) is 0 Å². The van der Waals surface area contributed by atoms with Crippen molar-refractivity contribution in [1.82, 2.24) is 0 Å². The van der Waals surface area contributed by atoms with Crippen molar-refractivity contribution >= 4 is 24.2 Å².